The van der Waals surface area contributed by atoms with E-state index in [9.17, 15) is 9.59 Å². The Kier molecular flexibility index (Phi) is 3.87. The van der Waals surface area contributed by atoms with Crippen LogP contribution in [0.15, 0.2) is 18.2 Å². The lowest BCUT2D eigenvalue weighted by Crippen LogP contribution is -2.24. The van der Waals surface area contributed by atoms with Crippen molar-refractivity contribution in [3.05, 3.63) is 34.3 Å². The van der Waals surface area contributed by atoms with Gasteiger partial charge in [-0.3, -0.25) is 4.79 Å². The first-order chi connectivity index (χ1) is 8.61. The van der Waals surface area contributed by atoms with Gasteiger partial charge in [-0.25, -0.2) is 4.79 Å². The predicted molar refractivity (Wildman–Crippen MR) is 67.4 cm³/mol. The second-order valence-corrected chi connectivity index (χ2v) is 4.71. The van der Waals surface area contributed by atoms with E-state index in [-0.39, 0.29) is 11.8 Å². The summed E-state index contributed by atoms with van der Waals surface area (Å²) in [6.45, 7) is 0.399. The quantitative estimate of drug-likeness (QED) is 0.851. The molecule has 0 aliphatic heterocycles. The van der Waals surface area contributed by atoms with Gasteiger partial charge >= 0.3 is 5.97 Å². The zero-order valence-electron chi connectivity index (χ0n) is 10.0. The van der Waals surface area contributed by atoms with Gasteiger partial charge < -0.3 is 10.1 Å². The average molecular weight is 268 g/mol. The van der Waals surface area contributed by atoms with E-state index in [2.05, 4.69) is 10.1 Å². The van der Waals surface area contributed by atoms with Crippen molar-refractivity contribution in [1.29, 1.82) is 0 Å². The minimum atomic E-state index is -0.477. The lowest BCUT2D eigenvalue weighted by molar-refractivity contribution is -0.122. The number of ether oxygens (including phenoxy) is 1. The number of esters is 1. The summed E-state index contributed by atoms with van der Waals surface area (Å²) in [7, 11) is 1.31. The Morgan fingerprint density at radius 2 is 2.17 bits per heavy atom. The first kappa shape index (κ1) is 12.9. The molecule has 0 spiro atoms. The molecule has 5 heteroatoms. The average Bonchev–Trinajstić information content (AvgIpc) is 3.20. The van der Waals surface area contributed by atoms with Crippen molar-refractivity contribution < 1.29 is 14.3 Å². The Morgan fingerprint density at radius 1 is 1.44 bits per heavy atom. The van der Waals surface area contributed by atoms with Crippen molar-refractivity contribution in [2.75, 3.05) is 7.11 Å². The van der Waals surface area contributed by atoms with Gasteiger partial charge in [0.15, 0.2) is 0 Å². The molecule has 1 saturated carbocycles. The highest BCUT2D eigenvalue weighted by molar-refractivity contribution is 6.33. The van der Waals surface area contributed by atoms with Crippen molar-refractivity contribution in [2.45, 2.75) is 19.4 Å². The smallest absolute Gasteiger partial charge is 0.339 e. The standard InChI is InChI=1S/C13H14ClNO3/c1-18-13(17)10-6-8(2-5-11(10)14)7-15-12(16)9-3-4-9/h2,5-6,9H,3-4,7H2,1H3,(H,15,16). The maximum Gasteiger partial charge on any atom is 0.339 e. The van der Waals surface area contributed by atoms with Gasteiger partial charge in [0, 0.05) is 12.5 Å². The molecular formula is C13H14ClNO3. The maximum absolute atomic E-state index is 11.5. The van der Waals surface area contributed by atoms with Crippen LogP contribution in [0.5, 0.6) is 0 Å². The molecule has 0 saturated heterocycles. The molecule has 0 unspecified atom stereocenters. The first-order valence-electron chi connectivity index (χ1n) is 5.76. The molecule has 1 aromatic rings. The number of hydrogen-bond donors (Lipinski definition) is 1. The molecule has 1 aliphatic rings. The summed E-state index contributed by atoms with van der Waals surface area (Å²) in [5, 5.41) is 3.18. The minimum absolute atomic E-state index is 0.0737. The maximum atomic E-state index is 11.5. The Labute approximate surface area is 110 Å². The predicted octanol–water partition coefficient (Wildman–Crippen LogP) is 2.15. The van der Waals surface area contributed by atoms with Crippen LogP contribution in [0.3, 0.4) is 0 Å². The molecule has 1 aromatic carbocycles. The van der Waals surface area contributed by atoms with Crippen LogP contribution in [0.2, 0.25) is 5.02 Å². The summed E-state index contributed by atoms with van der Waals surface area (Å²) in [5.41, 5.74) is 1.14. The number of benzene rings is 1. The van der Waals surface area contributed by atoms with E-state index in [1.165, 1.54) is 7.11 Å². The molecule has 0 aromatic heterocycles. The summed E-state index contributed by atoms with van der Waals surface area (Å²) < 4.78 is 4.64. The third-order valence-corrected chi connectivity index (χ3v) is 3.18. The fourth-order valence-corrected chi connectivity index (χ4v) is 1.82. The van der Waals surface area contributed by atoms with Crippen molar-refractivity contribution in [3.8, 4) is 0 Å². The van der Waals surface area contributed by atoms with Gasteiger partial charge in [0.25, 0.3) is 0 Å². The molecule has 1 aliphatic carbocycles. The van der Waals surface area contributed by atoms with E-state index in [1.54, 1.807) is 18.2 Å². The molecule has 0 atom stereocenters. The molecular weight excluding hydrogens is 254 g/mol. The number of carbonyl (C=O) groups is 2. The van der Waals surface area contributed by atoms with Crippen LogP contribution in [0.25, 0.3) is 0 Å². The Bertz CT molecular complexity index is 483. The van der Waals surface area contributed by atoms with E-state index < -0.39 is 5.97 Å². The SMILES string of the molecule is COC(=O)c1cc(CNC(=O)C2CC2)ccc1Cl. The van der Waals surface area contributed by atoms with Crippen LogP contribution in [0.1, 0.15) is 28.8 Å². The number of nitrogens with one attached hydrogen (secondary N) is 1. The zero-order valence-corrected chi connectivity index (χ0v) is 10.8. The van der Waals surface area contributed by atoms with Crippen LogP contribution in [-0.2, 0) is 16.1 Å². The van der Waals surface area contributed by atoms with Gasteiger partial charge in [0.2, 0.25) is 5.91 Å². The van der Waals surface area contributed by atoms with Gasteiger partial charge in [-0.1, -0.05) is 17.7 Å². The number of amides is 1. The summed E-state index contributed by atoms with van der Waals surface area (Å²) in [6, 6.07) is 5.05. The second-order valence-electron chi connectivity index (χ2n) is 4.30. The van der Waals surface area contributed by atoms with Crippen LogP contribution < -0.4 is 5.32 Å². The van der Waals surface area contributed by atoms with E-state index in [1.807, 2.05) is 0 Å². The van der Waals surface area contributed by atoms with Gasteiger partial charge in [0.1, 0.15) is 0 Å². The van der Waals surface area contributed by atoms with Gasteiger partial charge in [-0.2, -0.15) is 0 Å². The van der Waals surface area contributed by atoms with Gasteiger partial charge in [-0.15, -0.1) is 0 Å². The Morgan fingerprint density at radius 3 is 2.78 bits per heavy atom. The Hall–Kier alpha value is -1.55. The highest BCUT2D eigenvalue weighted by Gasteiger charge is 2.29. The molecule has 2 rings (SSSR count). The van der Waals surface area contributed by atoms with Crippen molar-refractivity contribution in [2.24, 2.45) is 5.92 Å². The fraction of sp³-hybridized carbons (Fsp3) is 0.385. The van der Waals surface area contributed by atoms with Crippen molar-refractivity contribution >= 4 is 23.5 Å². The Balaban J connectivity index is 2.04. The highest BCUT2D eigenvalue weighted by atomic mass is 35.5. The monoisotopic (exact) mass is 267 g/mol. The summed E-state index contributed by atoms with van der Waals surface area (Å²) >= 11 is 5.90. The molecule has 0 radical (unpaired) electrons. The number of halogens is 1. The molecule has 1 amide bonds. The first-order valence-corrected chi connectivity index (χ1v) is 6.14. The summed E-state index contributed by atoms with van der Waals surface area (Å²) in [6.07, 6.45) is 1.94. The van der Waals surface area contributed by atoms with Crippen LogP contribution in [-0.4, -0.2) is 19.0 Å². The molecule has 18 heavy (non-hydrogen) atoms. The highest BCUT2D eigenvalue weighted by Crippen LogP contribution is 2.28. The van der Waals surface area contributed by atoms with E-state index in [0.29, 0.717) is 17.1 Å². The van der Waals surface area contributed by atoms with Crippen LogP contribution >= 0.6 is 11.6 Å². The number of hydrogen-bond acceptors (Lipinski definition) is 3. The molecule has 0 heterocycles. The third-order valence-electron chi connectivity index (χ3n) is 2.85. The van der Waals surface area contributed by atoms with E-state index >= 15 is 0 Å². The lowest BCUT2D eigenvalue weighted by atomic mass is 10.1. The largest absolute Gasteiger partial charge is 0.465 e. The normalized spacial score (nSPS) is 14.1. The number of rotatable bonds is 4. The minimum Gasteiger partial charge on any atom is -0.465 e. The summed E-state index contributed by atoms with van der Waals surface area (Å²) in [4.78, 5) is 22.9. The second kappa shape index (κ2) is 5.40. The zero-order chi connectivity index (χ0) is 13.1. The fourth-order valence-electron chi connectivity index (χ4n) is 1.63. The molecule has 4 nitrogen and oxygen atoms in total. The molecule has 0 bridgehead atoms. The van der Waals surface area contributed by atoms with Crippen LogP contribution in [0, 0.1) is 5.92 Å². The summed E-state index contributed by atoms with van der Waals surface area (Å²) in [5.74, 6) is -0.225. The molecule has 1 N–H and O–H groups in total. The number of carbonyl (C=O) groups excluding carboxylic acids is 2. The van der Waals surface area contributed by atoms with E-state index in [4.69, 9.17) is 11.6 Å². The lowest BCUT2D eigenvalue weighted by Gasteiger charge is -2.07. The van der Waals surface area contributed by atoms with Gasteiger partial charge in [-0.05, 0) is 30.5 Å². The van der Waals surface area contributed by atoms with Crippen molar-refractivity contribution in [3.63, 3.8) is 0 Å². The number of methoxy groups -OCH3 is 1. The van der Waals surface area contributed by atoms with E-state index in [0.717, 1.165) is 18.4 Å². The molecule has 96 valence electrons. The van der Waals surface area contributed by atoms with Crippen molar-refractivity contribution in [1.82, 2.24) is 5.32 Å². The third kappa shape index (κ3) is 3.01. The topological polar surface area (TPSA) is 55.4 Å². The molecule has 1 fully saturated rings. The van der Waals surface area contributed by atoms with Crippen LogP contribution in [0.4, 0.5) is 0 Å². The van der Waals surface area contributed by atoms with Gasteiger partial charge in [0.05, 0.1) is 17.7 Å².